The number of sulfonamides is 1. The molecule has 1 aliphatic rings. The molecule has 4 rings (SSSR count). The Hall–Kier alpha value is -2.37. The summed E-state index contributed by atoms with van der Waals surface area (Å²) in [5, 5.41) is 5.34. The summed E-state index contributed by atoms with van der Waals surface area (Å²) in [4.78, 5) is 3.31. The molecule has 0 saturated carbocycles. The van der Waals surface area contributed by atoms with E-state index >= 15 is 0 Å². The topological polar surface area (TPSA) is 123 Å². The van der Waals surface area contributed by atoms with E-state index in [0.29, 0.717) is 24.2 Å². The molecule has 1 aromatic carbocycles. The molecule has 1 aliphatic heterocycles. The van der Waals surface area contributed by atoms with E-state index in [4.69, 9.17) is 4.74 Å². The van der Waals surface area contributed by atoms with E-state index in [-0.39, 0.29) is 29.0 Å². The van der Waals surface area contributed by atoms with Gasteiger partial charge in [-0.25, -0.2) is 21.6 Å². The summed E-state index contributed by atoms with van der Waals surface area (Å²) in [6, 6.07) is 5.38. The molecular formula is C20H26N4O5S2. The Labute approximate surface area is 181 Å². The number of aryl methyl sites for hydroxylation is 1. The number of ether oxygens (including phenoxy) is 1. The minimum Gasteiger partial charge on any atom is -0.497 e. The molecule has 9 nitrogen and oxygen atoms in total. The van der Waals surface area contributed by atoms with E-state index in [0.717, 1.165) is 22.2 Å². The lowest BCUT2D eigenvalue weighted by molar-refractivity contribution is 0.415. The number of nitrogens with one attached hydrogen (secondary N) is 2. The van der Waals surface area contributed by atoms with Gasteiger partial charge in [0.25, 0.3) is 0 Å². The van der Waals surface area contributed by atoms with Crippen LogP contribution in [0.5, 0.6) is 5.75 Å². The van der Waals surface area contributed by atoms with Gasteiger partial charge in [0, 0.05) is 23.6 Å². The SMILES string of the molecule is COc1ccc2[nH]cc(CCNS(=O)(=O)c3c(C)nn(C4CCS(=O)(=O)C4)c3C)c2c1. The third kappa shape index (κ3) is 4.21. The van der Waals surface area contributed by atoms with E-state index in [9.17, 15) is 16.8 Å². The zero-order valence-electron chi connectivity index (χ0n) is 17.7. The van der Waals surface area contributed by atoms with Crippen molar-refractivity contribution in [2.75, 3.05) is 25.2 Å². The fourth-order valence-corrected chi connectivity index (χ4v) is 7.36. The van der Waals surface area contributed by atoms with Gasteiger partial charge in [0.15, 0.2) is 9.84 Å². The number of nitrogens with zero attached hydrogens (tertiary/aromatic N) is 2. The van der Waals surface area contributed by atoms with Crippen LogP contribution in [-0.4, -0.2) is 56.8 Å². The van der Waals surface area contributed by atoms with Crippen molar-refractivity contribution < 1.29 is 21.6 Å². The van der Waals surface area contributed by atoms with Crippen LogP contribution in [0.3, 0.4) is 0 Å². The van der Waals surface area contributed by atoms with Crippen molar-refractivity contribution >= 4 is 30.8 Å². The monoisotopic (exact) mass is 466 g/mol. The highest BCUT2D eigenvalue weighted by atomic mass is 32.2. The number of hydrogen-bond acceptors (Lipinski definition) is 6. The number of methoxy groups -OCH3 is 1. The Morgan fingerprint density at radius 3 is 2.77 bits per heavy atom. The van der Waals surface area contributed by atoms with Crippen LogP contribution in [-0.2, 0) is 26.3 Å². The molecule has 168 valence electrons. The summed E-state index contributed by atoms with van der Waals surface area (Å²) < 4.78 is 59.2. The molecule has 0 amide bonds. The molecule has 1 unspecified atom stereocenters. The van der Waals surface area contributed by atoms with E-state index < -0.39 is 19.9 Å². The van der Waals surface area contributed by atoms with Crippen molar-refractivity contribution in [2.45, 2.75) is 37.6 Å². The molecule has 1 fully saturated rings. The summed E-state index contributed by atoms with van der Waals surface area (Å²) in [5.41, 5.74) is 2.77. The van der Waals surface area contributed by atoms with Gasteiger partial charge in [-0.2, -0.15) is 5.10 Å². The quantitative estimate of drug-likeness (QED) is 0.548. The summed E-state index contributed by atoms with van der Waals surface area (Å²) in [6.07, 6.45) is 2.81. The van der Waals surface area contributed by atoms with Crippen LogP contribution < -0.4 is 9.46 Å². The first-order chi connectivity index (χ1) is 14.6. The van der Waals surface area contributed by atoms with Gasteiger partial charge in [-0.3, -0.25) is 4.68 Å². The summed E-state index contributed by atoms with van der Waals surface area (Å²) in [7, 11) is -5.29. The lowest BCUT2D eigenvalue weighted by Crippen LogP contribution is -2.27. The molecule has 31 heavy (non-hydrogen) atoms. The maximum atomic E-state index is 13.0. The summed E-state index contributed by atoms with van der Waals surface area (Å²) >= 11 is 0. The van der Waals surface area contributed by atoms with Gasteiger partial charge in [-0.15, -0.1) is 0 Å². The molecule has 0 bridgehead atoms. The number of H-pyrrole nitrogens is 1. The highest BCUT2D eigenvalue weighted by molar-refractivity contribution is 7.91. The van der Waals surface area contributed by atoms with Crippen molar-refractivity contribution in [3.05, 3.63) is 41.3 Å². The average molecular weight is 467 g/mol. The second-order valence-corrected chi connectivity index (χ2v) is 11.8. The van der Waals surface area contributed by atoms with Gasteiger partial charge in [-0.1, -0.05) is 0 Å². The van der Waals surface area contributed by atoms with E-state index in [2.05, 4.69) is 14.8 Å². The predicted octanol–water partition coefficient (Wildman–Crippen LogP) is 1.87. The first-order valence-corrected chi connectivity index (χ1v) is 13.3. The molecule has 1 saturated heterocycles. The fraction of sp³-hybridized carbons (Fsp3) is 0.450. The number of fused-ring (bicyclic) bond motifs is 1. The van der Waals surface area contributed by atoms with Crippen LogP contribution in [0.15, 0.2) is 29.3 Å². The third-order valence-electron chi connectivity index (χ3n) is 5.74. The maximum absolute atomic E-state index is 13.0. The zero-order chi connectivity index (χ0) is 22.4. The average Bonchev–Trinajstić information content (AvgIpc) is 3.36. The van der Waals surface area contributed by atoms with Gasteiger partial charge in [0.1, 0.15) is 10.6 Å². The number of rotatable bonds is 7. The molecular weight excluding hydrogens is 440 g/mol. The predicted molar refractivity (Wildman–Crippen MR) is 118 cm³/mol. The first-order valence-electron chi connectivity index (χ1n) is 10.0. The number of benzene rings is 1. The molecule has 11 heteroatoms. The van der Waals surface area contributed by atoms with Crippen molar-refractivity contribution in [1.82, 2.24) is 19.5 Å². The van der Waals surface area contributed by atoms with Crippen LogP contribution in [0.25, 0.3) is 10.9 Å². The van der Waals surface area contributed by atoms with Gasteiger partial charge in [0.05, 0.1) is 36.0 Å². The third-order valence-corrected chi connectivity index (χ3v) is 9.21. The van der Waals surface area contributed by atoms with Crippen LogP contribution in [0.1, 0.15) is 29.4 Å². The van der Waals surface area contributed by atoms with E-state index in [1.807, 2.05) is 24.4 Å². The molecule has 1 atom stereocenters. The molecule has 0 radical (unpaired) electrons. The lowest BCUT2D eigenvalue weighted by Gasteiger charge is -2.12. The maximum Gasteiger partial charge on any atom is 0.244 e. The summed E-state index contributed by atoms with van der Waals surface area (Å²) in [6.45, 7) is 3.52. The molecule has 3 heterocycles. The molecule has 3 aromatic rings. The largest absolute Gasteiger partial charge is 0.497 e. The van der Waals surface area contributed by atoms with E-state index in [1.165, 1.54) is 0 Å². The Kier molecular flexibility index (Phi) is 5.61. The smallest absolute Gasteiger partial charge is 0.244 e. The highest BCUT2D eigenvalue weighted by Crippen LogP contribution is 2.29. The van der Waals surface area contributed by atoms with Crippen molar-refractivity contribution in [3.8, 4) is 5.75 Å². The van der Waals surface area contributed by atoms with Gasteiger partial charge in [0.2, 0.25) is 10.0 Å². The number of sulfone groups is 1. The summed E-state index contributed by atoms with van der Waals surface area (Å²) in [5.74, 6) is 0.832. The van der Waals surface area contributed by atoms with E-state index in [1.54, 1.807) is 25.6 Å². The van der Waals surface area contributed by atoms with Gasteiger partial charge < -0.3 is 9.72 Å². The number of aromatic nitrogens is 3. The second-order valence-electron chi connectivity index (χ2n) is 7.87. The molecule has 2 N–H and O–H groups in total. The van der Waals surface area contributed by atoms with Gasteiger partial charge >= 0.3 is 0 Å². The fourth-order valence-electron chi connectivity index (χ4n) is 4.24. The molecule has 2 aromatic heterocycles. The normalized spacial score (nSPS) is 18.6. The van der Waals surface area contributed by atoms with Crippen LogP contribution in [0, 0.1) is 13.8 Å². The van der Waals surface area contributed by atoms with Crippen molar-refractivity contribution in [1.29, 1.82) is 0 Å². The Bertz CT molecular complexity index is 1340. The number of aromatic amines is 1. The zero-order valence-corrected chi connectivity index (χ0v) is 19.3. The second kappa shape index (κ2) is 7.95. The lowest BCUT2D eigenvalue weighted by atomic mass is 10.1. The van der Waals surface area contributed by atoms with Crippen LogP contribution in [0.2, 0.25) is 0 Å². The standard InChI is InChI=1S/C20H26N4O5S2/c1-13-20(14(2)24(23-13)16-7-9-30(25,26)12-16)31(27,28)22-8-6-15-11-21-19-5-4-17(29-3)10-18(15)19/h4-5,10-11,16,21-22H,6-9,12H2,1-3H3. The first kappa shape index (κ1) is 21.8. The minimum atomic E-state index is -3.80. The van der Waals surface area contributed by atoms with Crippen molar-refractivity contribution in [2.24, 2.45) is 0 Å². The molecule has 0 aliphatic carbocycles. The van der Waals surface area contributed by atoms with Crippen LogP contribution >= 0.6 is 0 Å². The Morgan fingerprint density at radius 2 is 2.10 bits per heavy atom. The highest BCUT2D eigenvalue weighted by Gasteiger charge is 2.33. The Morgan fingerprint density at radius 1 is 1.32 bits per heavy atom. The minimum absolute atomic E-state index is 0.00803. The molecule has 0 spiro atoms. The van der Waals surface area contributed by atoms with Gasteiger partial charge in [-0.05, 0) is 50.5 Å². The van der Waals surface area contributed by atoms with Crippen LogP contribution in [0.4, 0.5) is 0 Å². The van der Waals surface area contributed by atoms with Crippen molar-refractivity contribution in [3.63, 3.8) is 0 Å². The number of hydrogen-bond donors (Lipinski definition) is 2. The Balaban J connectivity index is 1.51.